The summed E-state index contributed by atoms with van der Waals surface area (Å²) in [5.74, 6) is 1.01. The van der Waals surface area contributed by atoms with Crippen molar-refractivity contribution in [3.8, 4) is 11.5 Å². The van der Waals surface area contributed by atoms with Crippen LogP contribution >= 0.6 is 23.4 Å². The largest absolute Gasteiger partial charge is 0.493 e. The molecule has 2 heterocycles. The topological polar surface area (TPSA) is 80.2 Å². The highest BCUT2D eigenvalue weighted by molar-refractivity contribution is 8.18. The number of carbonyl (C=O) groups excluding carboxylic acids is 2. The number of carbonyl (C=O) groups is 2. The number of aryl methyl sites for hydroxylation is 1. The number of amidine groups is 1. The molecule has 0 aliphatic carbocycles. The second-order valence-corrected chi connectivity index (χ2v) is 11.1. The molecule has 0 saturated carbocycles. The van der Waals surface area contributed by atoms with E-state index in [1.54, 1.807) is 19.3 Å². The number of nitrogens with zero attached hydrogens (tertiary/aromatic N) is 2. The number of rotatable bonds is 7. The van der Waals surface area contributed by atoms with Crippen molar-refractivity contribution in [2.45, 2.75) is 32.8 Å². The van der Waals surface area contributed by atoms with Gasteiger partial charge >= 0.3 is 0 Å². The smallest absolute Gasteiger partial charge is 0.264 e. The van der Waals surface area contributed by atoms with Crippen molar-refractivity contribution in [1.82, 2.24) is 10.2 Å². The number of aliphatic imine (C=N–C) groups is 1. The molecular weight excluding hydrogens is 546 g/mol. The van der Waals surface area contributed by atoms with Crippen molar-refractivity contribution in [3.05, 3.63) is 92.8 Å². The number of likely N-dealkylation sites (tertiary alicyclic amines) is 1. The summed E-state index contributed by atoms with van der Waals surface area (Å²) in [5.41, 5.74) is 4.12. The standard InChI is InChI=1S/C31H30ClN3O4S/c1-20-6-12-24(32)18-25(20)33-31-34-29(36)28(40-31)17-22-9-13-26(27(16-22)38-2)39-19-21-7-10-23(11-8-21)30(37)35-14-4-3-5-15-35/h6-13,16-18H,3-5,14-15,19H2,1-2H3,(H,33,34,36)/b28-17-. The maximum absolute atomic E-state index is 12.7. The quantitative estimate of drug-likeness (QED) is 0.315. The molecule has 3 aromatic carbocycles. The molecule has 206 valence electrons. The second-order valence-electron chi connectivity index (χ2n) is 9.66. The molecule has 1 N–H and O–H groups in total. The van der Waals surface area contributed by atoms with Gasteiger partial charge in [0, 0.05) is 23.7 Å². The van der Waals surface area contributed by atoms with Gasteiger partial charge in [0.1, 0.15) is 6.61 Å². The maximum Gasteiger partial charge on any atom is 0.264 e. The molecule has 0 aromatic heterocycles. The number of benzene rings is 3. The fourth-order valence-electron chi connectivity index (χ4n) is 4.52. The van der Waals surface area contributed by atoms with Gasteiger partial charge in [0.25, 0.3) is 11.8 Å². The molecule has 2 fully saturated rings. The lowest BCUT2D eigenvalue weighted by molar-refractivity contribution is -0.115. The average molecular weight is 576 g/mol. The molecule has 0 radical (unpaired) electrons. The van der Waals surface area contributed by atoms with Gasteiger partial charge in [0.05, 0.1) is 17.7 Å². The highest BCUT2D eigenvalue weighted by atomic mass is 35.5. The predicted molar refractivity (Wildman–Crippen MR) is 161 cm³/mol. The Morgan fingerprint density at radius 1 is 1.05 bits per heavy atom. The summed E-state index contributed by atoms with van der Waals surface area (Å²) in [5, 5.41) is 3.89. The summed E-state index contributed by atoms with van der Waals surface area (Å²) in [4.78, 5) is 32.3. The van der Waals surface area contributed by atoms with E-state index in [0.717, 1.165) is 42.6 Å². The number of hydrogen-bond donors (Lipinski definition) is 1. The van der Waals surface area contributed by atoms with E-state index in [9.17, 15) is 9.59 Å². The summed E-state index contributed by atoms with van der Waals surface area (Å²) in [6.07, 6.45) is 5.12. The third-order valence-electron chi connectivity index (χ3n) is 6.77. The predicted octanol–water partition coefficient (Wildman–Crippen LogP) is 6.75. The first-order valence-electron chi connectivity index (χ1n) is 13.1. The lowest BCUT2D eigenvalue weighted by Crippen LogP contribution is -2.35. The minimum atomic E-state index is -0.218. The van der Waals surface area contributed by atoms with Crippen LogP contribution < -0.4 is 14.8 Å². The van der Waals surface area contributed by atoms with Gasteiger partial charge in [-0.25, -0.2) is 4.99 Å². The van der Waals surface area contributed by atoms with Crippen molar-refractivity contribution in [1.29, 1.82) is 0 Å². The third kappa shape index (κ3) is 6.69. The van der Waals surface area contributed by atoms with Crippen LogP contribution in [0.25, 0.3) is 6.08 Å². The van der Waals surface area contributed by atoms with Crippen LogP contribution in [-0.2, 0) is 11.4 Å². The first-order valence-corrected chi connectivity index (χ1v) is 14.3. The minimum Gasteiger partial charge on any atom is -0.493 e. The summed E-state index contributed by atoms with van der Waals surface area (Å²) in [6, 6.07) is 18.5. The number of nitrogens with one attached hydrogen (secondary N) is 1. The molecule has 2 aliphatic heterocycles. The van der Waals surface area contributed by atoms with Crippen LogP contribution in [0, 0.1) is 6.92 Å². The molecule has 7 nitrogen and oxygen atoms in total. The van der Waals surface area contributed by atoms with Crippen LogP contribution in [0.4, 0.5) is 5.69 Å². The second kappa shape index (κ2) is 12.6. The zero-order valence-corrected chi connectivity index (χ0v) is 24.0. The highest BCUT2D eigenvalue weighted by Crippen LogP contribution is 2.33. The van der Waals surface area contributed by atoms with Gasteiger partial charge in [-0.3, -0.25) is 9.59 Å². The molecule has 0 unspecified atom stereocenters. The molecule has 3 aromatic rings. The summed E-state index contributed by atoms with van der Waals surface area (Å²) >= 11 is 7.37. The SMILES string of the molecule is COc1cc(/C=C2\SC(=Nc3cc(Cl)ccc3C)NC2=O)ccc1OCc1ccc(C(=O)N2CCCCC2)cc1. The number of ether oxygens (including phenoxy) is 2. The van der Waals surface area contributed by atoms with Crippen LogP contribution in [0.5, 0.6) is 11.5 Å². The van der Waals surface area contributed by atoms with Gasteiger partial charge in [0.15, 0.2) is 16.7 Å². The number of amides is 2. The fraction of sp³-hybridized carbons (Fsp3) is 0.258. The van der Waals surface area contributed by atoms with Gasteiger partial charge in [-0.15, -0.1) is 0 Å². The van der Waals surface area contributed by atoms with Gasteiger partial charge in [0.2, 0.25) is 0 Å². The zero-order chi connectivity index (χ0) is 28.1. The Morgan fingerprint density at radius 2 is 1.82 bits per heavy atom. The molecule has 0 bridgehead atoms. The van der Waals surface area contributed by atoms with E-state index in [4.69, 9.17) is 21.1 Å². The Bertz CT molecular complexity index is 1480. The van der Waals surface area contributed by atoms with Gasteiger partial charge in [-0.1, -0.05) is 35.9 Å². The van der Waals surface area contributed by atoms with Gasteiger partial charge < -0.3 is 19.7 Å². The fourth-order valence-corrected chi connectivity index (χ4v) is 5.52. The molecule has 40 heavy (non-hydrogen) atoms. The van der Waals surface area contributed by atoms with Crippen molar-refractivity contribution < 1.29 is 19.1 Å². The molecule has 0 atom stereocenters. The van der Waals surface area contributed by atoms with Crippen LogP contribution in [0.1, 0.15) is 46.3 Å². The molecule has 2 aliphatic rings. The van der Waals surface area contributed by atoms with Crippen molar-refractivity contribution >= 4 is 52.1 Å². The molecule has 5 rings (SSSR count). The number of hydrogen-bond acceptors (Lipinski definition) is 6. The molecule has 9 heteroatoms. The summed E-state index contributed by atoms with van der Waals surface area (Å²) in [6.45, 7) is 3.93. The molecule has 0 spiro atoms. The van der Waals surface area contributed by atoms with E-state index in [1.165, 1.54) is 18.2 Å². The lowest BCUT2D eigenvalue weighted by Gasteiger charge is -2.26. The molecule has 2 amide bonds. The van der Waals surface area contributed by atoms with E-state index in [1.807, 2.05) is 66.4 Å². The molecular formula is C31H30ClN3O4S. The Hall–Kier alpha value is -3.75. The van der Waals surface area contributed by atoms with Crippen LogP contribution in [0.3, 0.4) is 0 Å². The van der Waals surface area contributed by atoms with E-state index >= 15 is 0 Å². The first-order chi connectivity index (χ1) is 19.4. The zero-order valence-electron chi connectivity index (χ0n) is 22.4. The normalized spacial score (nSPS) is 17.3. The number of halogens is 1. The Morgan fingerprint density at radius 3 is 2.58 bits per heavy atom. The summed E-state index contributed by atoms with van der Waals surface area (Å²) in [7, 11) is 1.58. The van der Waals surface area contributed by atoms with Crippen molar-refractivity contribution in [3.63, 3.8) is 0 Å². The Balaban J connectivity index is 1.23. The lowest BCUT2D eigenvalue weighted by atomic mass is 10.1. The average Bonchev–Trinajstić information content (AvgIpc) is 3.32. The van der Waals surface area contributed by atoms with Gasteiger partial charge in [-0.05, 0) is 97.1 Å². The van der Waals surface area contributed by atoms with E-state index in [-0.39, 0.29) is 11.8 Å². The van der Waals surface area contributed by atoms with E-state index < -0.39 is 0 Å². The Labute approximate surface area is 243 Å². The maximum atomic E-state index is 12.7. The molecule has 2 saturated heterocycles. The summed E-state index contributed by atoms with van der Waals surface area (Å²) < 4.78 is 11.6. The van der Waals surface area contributed by atoms with Gasteiger partial charge in [-0.2, -0.15) is 0 Å². The number of methoxy groups -OCH3 is 1. The van der Waals surface area contributed by atoms with Crippen molar-refractivity contribution in [2.75, 3.05) is 20.2 Å². The van der Waals surface area contributed by atoms with E-state index in [0.29, 0.717) is 44.5 Å². The minimum absolute atomic E-state index is 0.0885. The third-order valence-corrected chi connectivity index (χ3v) is 7.91. The van der Waals surface area contributed by atoms with Crippen LogP contribution in [0.15, 0.2) is 70.6 Å². The highest BCUT2D eigenvalue weighted by Gasteiger charge is 2.24. The van der Waals surface area contributed by atoms with Crippen molar-refractivity contribution in [2.24, 2.45) is 4.99 Å². The Kier molecular flexibility index (Phi) is 8.77. The van der Waals surface area contributed by atoms with E-state index in [2.05, 4.69) is 10.3 Å². The first kappa shape index (κ1) is 27.8. The number of thioether (sulfide) groups is 1. The number of piperidine rings is 1. The van der Waals surface area contributed by atoms with Crippen LogP contribution in [-0.4, -0.2) is 42.1 Å². The monoisotopic (exact) mass is 575 g/mol. The van der Waals surface area contributed by atoms with Crippen LogP contribution in [0.2, 0.25) is 5.02 Å².